The molecule has 0 aliphatic rings. The second kappa shape index (κ2) is 5.19. The molecule has 2 aromatic rings. The Morgan fingerprint density at radius 1 is 1.24 bits per heavy atom. The Hall–Kier alpha value is -1.24. The van der Waals surface area contributed by atoms with Gasteiger partial charge in [0.1, 0.15) is 18.2 Å². The highest BCUT2D eigenvalue weighted by atomic mass is 32.2. The lowest BCUT2D eigenvalue weighted by molar-refractivity contribution is 0.665. The highest BCUT2D eigenvalue weighted by Crippen LogP contribution is 2.35. The van der Waals surface area contributed by atoms with Crippen LogP contribution < -0.4 is 4.39 Å². The van der Waals surface area contributed by atoms with Crippen LogP contribution in [0, 0.1) is 4.78 Å². The van der Waals surface area contributed by atoms with Crippen LogP contribution in [0.3, 0.4) is 0 Å². The molecule has 1 heterocycles. The molecule has 1 aromatic heterocycles. The summed E-state index contributed by atoms with van der Waals surface area (Å²) in [5.74, 6) is 0. The van der Waals surface area contributed by atoms with Gasteiger partial charge in [-0.1, -0.05) is 46.0 Å². The Balaban J connectivity index is 2.43. The number of rotatable bonds is 3. The second-order valence-corrected chi connectivity index (χ2v) is 14.0. The molecule has 0 saturated carbocycles. The van der Waals surface area contributed by atoms with Gasteiger partial charge in [0.15, 0.2) is 0 Å². The van der Waals surface area contributed by atoms with Gasteiger partial charge in [0.05, 0.1) is 10.4 Å². The zero-order valence-corrected chi connectivity index (χ0v) is 15.0. The molecule has 2 rings (SSSR count). The Labute approximate surface area is 128 Å². The van der Waals surface area contributed by atoms with Gasteiger partial charge in [-0.2, -0.15) is 0 Å². The Morgan fingerprint density at radius 3 is 2.52 bits per heavy atom. The smallest absolute Gasteiger partial charge is 0.140 e. The van der Waals surface area contributed by atoms with Crippen molar-refractivity contribution in [3.63, 3.8) is 0 Å². The fourth-order valence-electron chi connectivity index (χ4n) is 1.80. The van der Waals surface area contributed by atoms with Gasteiger partial charge in [-0.25, -0.2) is 13.4 Å². The van der Waals surface area contributed by atoms with Crippen LogP contribution in [-0.4, -0.2) is 17.4 Å². The minimum absolute atomic E-state index is 0.0197. The lowest BCUT2D eigenvalue weighted by Gasteiger charge is -2.37. The van der Waals surface area contributed by atoms with Gasteiger partial charge in [-0.3, -0.25) is 4.98 Å². The van der Waals surface area contributed by atoms with Gasteiger partial charge in [-0.15, -0.1) is 0 Å². The van der Waals surface area contributed by atoms with E-state index in [0.717, 1.165) is 10.9 Å². The third-order valence-electron chi connectivity index (χ3n) is 4.18. The Morgan fingerprint density at radius 2 is 1.90 bits per heavy atom. The first kappa shape index (κ1) is 16.1. The van der Waals surface area contributed by atoms with Crippen LogP contribution in [0.1, 0.15) is 20.8 Å². The van der Waals surface area contributed by atoms with Crippen molar-refractivity contribution >= 4 is 29.1 Å². The molecule has 21 heavy (non-hydrogen) atoms. The third kappa shape index (κ3) is 3.33. The largest absolute Gasteiger partial charge is 0.256 e. The summed E-state index contributed by atoms with van der Waals surface area (Å²) in [4.78, 5) is 4.77. The molecule has 0 bridgehead atoms. The molecule has 0 aliphatic carbocycles. The summed E-state index contributed by atoms with van der Waals surface area (Å²) in [6.07, 6.45) is 1.71. The van der Waals surface area contributed by atoms with E-state index in [1.165, 1.54) is 0 Å². The van der Waals surface area contributed by atoms with E-state index in [9.17, 15) is 4.21 Å². The summed E-state index contributed by atoms with van der Waals surface area (Å²) in [6, 6.07) is 9.22. The number of aromatic nitrogens is 1. The van der Waals surface area contributed by atoms with Gasteiger partial charge in [0.2, 0.25) is 0 Å². The third-order valence-corrected chi connectivity index (χ3v) is 12.0. The van der Waals surface area contributed by atoms with E-state index in [1.807, 2.05) is 18.2 Å². The average molecular weight is 322 g/mol. The molecular formula is C15H23N3OSSi. The molecule has 0 fully saturated rings. The molecule has 114 valence electrons. The predicted octanol–water partition coefficient (Wildman–Crippen LogP) is 4.15. The lowest BCUT2D eigenvalue weighted by Crippen LogP contribution is -2.54. The van der Waals surface area contributed by atoms with Crippen LogP contribution >= 0.6 is 0 Å². The predicted molar refractivity (Wildman–Crippen MR) is 91.2 cm³/mol. The van der Waals surface area contributed by atoms with Crippen molar-refractivity contribution in [3.8, 4) is 0 Å². The Bertz CT molecular complexity index is 764. The van der Waals surface area contributed by atoms with Gasteiger partial charge >= 0.3 is 0 Å². The SMILES string of the molecule is CC(C)(C)[Si](C)(C)NS(=N)(=O)c1ccc2cccnc2c1. The van der Waals surface area contributed by atoms with E-state index in [2.05, 4.69) is 43.2 Å². The zero-order valence-electron chi connectivity index (χ0n) is 13.2. The molecule has 0 amide bonds. The molecular weight excluding hydrogens is 298 g/mol. The number of fused-ring (bicyclic) bond motifs is 1. The maximum Gasteiger partial charge on any atom is 0.140 e. The van der Waals surface area contributed by atoms with Crippen molar-refractivity contribution in [2.45, 2.75) is 43.8 Å². The maximum absolute atomic E-state index is 12.9. The standard InChI is InChI=1S/C15H23N3OSSi/c1-15(2,3)21(4,5)18-20(16,19)13-9-8-12-7-6-10-17-14(12)11-13/h6-11H,1-5H3,(H2,16,18,19). The van der Waals surface area contributed by atoms with Gasteiger partial charge < -0.3 is 0 Å². The first-order valence-electron chi connectivity index (χ1n) is 6.95. The molecule has 1 unspecified atom stereocenters. The van der Waals surface area contributed by atoms with Crippen LogP contribution in [0.4, 0.5) is 0 Å². The molecule has 4 nitrogen and oxygen atoms in total. The highest BCUT2D eigenvalue weighted by Gasteiger charge is 2.38. The summed E-state index contributed by atoms with van der Waals surface area (Å²) < 4.78 is 24.3. The number of nitrogens with zero attached hydrogens (tertiary/aromatic N) is 1. The fourth-order valence-corrected chi connectivity index (χ4v) is 6.90. The van der Waals surface area contributed by atoms with Gasteiger partial charge in [0.25, 0.3) is 0 Å². The number of hydrogen-bond acceptors (Lipinski definition) is 3. The molecule has 1 aromatic carbocycles. The molecule has 6 heteroatoms. The van der Waals surface area contributed by atoms with Crippen LogP contribution in [0.25, 0.3) is 10.9 Å². The van der Waals surface area contributed by atoms with Crippen molar-refractivity contribution in [2.75, 3.05) is 0 Å². The van der Waals surface area contributed by atoms with Crippen LogP contribution in [0.15, 0.2) is 41.4 Å². The quantitative estimate of drug-likeness (QED) is 0.834. The van der Waals surface area contributed by atoms with Crippen LogP contribution in [0.2, 0.25) is 18.1 Å². The van der Waals surface area contributed by atoms with Gasteiger partial charge in [0, 0.05) is 11.6 Å². The lowest BCUT2D eigenvalue weighted by atomic mass is 10.2. The first-order chi connectivity index (χ1) is 9.53. The molecule has 0 spiro atoms. The van der Waals surface area contributed by atoms with E-state index in [1.54, 1.807) is 18.3 Å². The number of hydrogen-bond donors (Lipinski definition) is 2. The minimum atomic E-state index is -3.02. The van der Waals surface area contributed by atoms with Crippen molar-refractivity contribution in [3.05, 3.63) is 36.5 Å². The van der Waals surface area contributed by atoms with Crippen LogP contribution in [0.5, 0.6) is 0 Å². The number of benzene rings is 1. The fraction of sp³-hybridized carbons (Fsp3) is 0.400. The van der Waals surface area contributed by atoms with Crippen molar-refractivity contribution in [2.24, 2.45) is 0 Å². The first-order valence-corrected chi connectivity index (χ1v) is 11.5. The topological polar surface area (TPSA) is 65.8 Å². The van der Waals surface area contributed by atoms with E-state index in [-0.39, 0.29) is 5.04 Å². The van der Waals surface area contributed by atoms with Gasteiger partial charge in [-0.05, 0) is 23.2 Å². The summed E-state index contributed by atoms with van der Waals surface area (Å²) >= 11 is 0. The maximum atomic E-state index is 12.9. The molecule has 2 N–H and O–H groups in total. The normalized spacial score (nSPS) is 15.9. The summed E-state index contributed by atoms with van der Waals surface area (Å²) in [7, 11) is -5.04. The van der Waals surface area contributed by atoms with E-state index in [4.69, 9.17) is 4.78 Å². The molecule has 0 saturated heterocycles. The Kier molecular flexibility index (Phi) is 3.99. The summed E-state index contributed by atoms with van der Waals surface area (Å²) in [5.41, 5.74) is 0.770. The minimum Gasteiger partial charge on any atom is -0.256 e. The second-order valence-electron chi connectivity index (χ2n) is 6.89. The van der Waals surface area contributed by atoms with E-state index in [0.29, 0.717) is 4.90 Å². The number of pyridine rings is 1. The van der Waals surface area contributed by atoms with Crippen molar-refractivity contribution < 1.29 is 4.21 Å². The molecule has 0 aliphatic heterocycles. The highest BCUT2D eigenvalue weighted by molar-refractivity contribution is 7.92. The summed E-state index contributed by atoms with van der Waals surface area (Å²) in [6.45, 7) is 10.6. The molecule has 1 atom stereocenters. The van der Waals surface area contributed by atoms with Crippen molar-refractivity contribution in [1.82, 2.24) is 9.37 Å². The zero-order chi connectivity index (χ0) is 15.9. The molecule has 0 radical (unpaired) electrons. The van der Waals surface area contributed by atoms with E-state index >= 15 is 0 Å². The summed E-state index contributed by atoms with van der Waals surface area (Å²) in [5, 5.41) is 1.01. The van der Waals surface area contributed by atoms with E-state index < -0.39 is 18.2 Å². The van der Waals surface area contributed by atoms with Crippen LogP contribution in [-0.2, 0) is 9.92 Å². The monoisotopic (exact) mass is 321 g/mol. The number of nitrogens with one attached hydrogen (secondary N) is 2. The average Bonchev–Trinajstić information content (AvgIpc) is 2.35. The van der Waals surface area contributed by atoms with Crippen molar-refractivity contribution in [1.29, 1.82) is 4.78 Å².